The smallest absolute Gasteiger partial charge is 0.267 e. The van der Waals surface area contributed by atoms with Gasteiger partial charge in [0.25, 0.3) is 5.56 Å². The second kappa shape index (κ2) is 7.04. The van der Waals surface area contributed by atoms with Crippen LogP contribution in [0.25, 0.3) is 0 Å². The second-order valence-electron chi connectivity index (χ2n) is 4.83. The van der Waals surface area contributed by atoms with Gasteiger partial charge in [-0.05, 0) is 44.7 Å². The van der Waals surface area contributed by atoms with Gasteiger partial charge < -0.3 is 10.1 Å². The Hall–Kier alpha value is -2.14. The number of nitrogens with zero attached hydrogens (tertiary/aromatic N) is 2. The van der Waals surface area contributed by atoms with Crippen LogP contribution in [0, 0.1) is 0 Å². The minimum Gasteiger partial charge on any atom is -0.494 e. The van der Waals surface area contributed by atoms with Crippen LogP contribution in [0.3, 0.4) is 0 Å². The Kier molecular flexibility index (Phi) is 5.11. The molecule has 5 heteroatoms. The van der Waals surface area contributed by atoms with Gasteiger partial charge >= 0.3 is 0 Å². The lowest BCUT2D eigenvalue weighted by Crippen LogP contribution is -2.22. The molecular weight excluding hydrogens is 266 g/mol. The summed E-state index contributed by atoms with van der Waals surface area (Å²) in [6, 6.07) is 9.44. The minimum absolute atomic E-state index is 0.119. The highest BCUT2D eigenvalue weighted by Crippen LogP contribution is 2.24. The van der Waals surface area contributed by atoms with Crippen molar-refractivity contribution in [1.82, 2.24) is 15.1 Å². The SMILES string of the molecule is CCOc1ccc(C(C)NC)cc1Cn1ncccc1=O. The van der Waals surface area contributed by atoms with Crippen LogP contribution in [0.1, 0.15) is 31.0 Å². The molecule has 0 fully saturated rings. The molecule has 5 nitrogen and oxygen atoms in total. The number of benzene rings is 1. The largest absolute Gasteiger partial charge is 0.494 e. The summed E-state index contributed by atoms with van der Waals surface area (Å²) < 4.78 is 7.09. The van der Waals surface area contributed by atoms with Crippen LogP contribution in [0.4, 0.5) is 0 Å². The molecule has 1 atom stereocenters. The lowest BCUT2D eigenvalue weighted by Gasteiger charge is -2.16. The average Bonchev–Trinajstić information content (AvgIpc) is 2.50. The van der Waals surface area contributed by atoms with Crippen molar-refractivity contribution in [1.29, 1.82) is 0 Å². The first-order valence-electron chi connectivity index (χ1n) is 7.10. The number of hydrogen-bond donors (Lipinski definition) is 1. The lowest BCUT2D eigenvalue weighted by atomic mass is 10.0. The van der Waals surface area contributed by atoms with E-state index in [0.29, 0.717) is 13.2 Å². The van der Waals surface area contributed by atoms with Crippen molar-refractivity contribution in [2.75, 3.05) is 13.7 Å². The quantitative estimate of drug-likeness (QED) is 0.882. The summed E-state index contributed by atoms with van der Waals surface area (Å²) in [5.41, 5.74) is 1.99. The van der Waals surface area contributed by atoms with Crippen LogP contribution in [-0.4, -0.2) is 23.4 Å². The second-order valence-corrected chi connectivity index (χ2v) is 4.83. The molecule has 1 heterocycles. The van der Waals surface area contributed by atoms with Crippen molar-refractivity contribution >= 4 is 0 Å². The van der Waals surface area contributed by atoms with E-state index in [4.69, 9.17) is 4.74 Å². The third-order valence-electron chi connectivity index (χ3n) is 3.42. The Labute approximate surface area is 124 Å². The molecule has 1 aromatic heterocycles. The van der Waals surface area contributed by atoms with Crippen LogP contribution in [0.15, 0.2) is 41.3 Å². The number of aromatic nitrogens is 2. The van der Waals surface area contributed by atoms with Crippen LogP contribution in [0.5, 0.6) is 5.75 Å². The van der Waals surface area contributed by atoms with Gasteiger partial charge in [-0.3, -0.25) is 4.79 Å². The monoisotopic (exact) mass is 287 g/mol. The van der Waals surface area contributed by atoms with Gasteiger partial charge in [-0.25, -0.2) is 4.68 Å². The van der Waals surface area contributed by atoms with Gasteiger partial charge in [0.15, 0.2) is 0 Å². The molecule has 0 aliphatic rings. The Bertz CT molecular complexity index is 652. The Balaban J connectivity index is 2.39. The summed E-state index contributed by atoms with van der Waals surface area (Å²) >= 11 is 0. The summed E-state index contributed by atoms with van der Waals surface area (Å²) in [6.07, 6.45) is 1.61. The maximum atomic E-state index is 11.8. The average molecular weight is 287 g/mol. The highest BCUT2D eigenvalue weighted by molar-refractivity contribution is 5.38. The molecular formula is C16H21N3O2. The normalized spacial score (nSPS) is 12.1. The zero-order valence-electron chi connectivity index (χ0n) is 12.7. The molecule has 0 bridgehead atoms. The first-order valence-corrected chi connectivity index (χ1v) is 7.10. The van der Waals surface area contributed by atoms with Gasteiger partial charge in [-0.2, -0.15) is 5.10 Å². The van der Waals surface area contributed by atoms with Crippen molar-refractivity contribution in [3.8, 4) is 5.75 Å². The van der Waals surface area contributed by atoms with Crippen molar-refractivity contribution < 1.29 is 4.74 Å². The molecule has 0 spiro atoms. The van der Waals surface area contributed by atoms with Crippen molar-refractivity contribution in [3.63, 3.8) is 0 Å². The fourth-order valence-electron chi connectivity index (χ4n) is 2.12. The maximum absolute atomic E-state index is 11.8. The molecule has 112 valence electrons. The molecule has 0 amide bonds. The predicted molar refractivity (Wildman–Crippen MR) is 82.7 cm³/mol. The van der Waals surface area contributed by atoms with E-state index in [1.54, 1.807) is 12.3 Å². The van der Waals surface area contributed by atoms with Crippen molar-refractivity contribution in [2.45, 2.75) is 26.4 Å². The van der Waals surface area contributed by atoms with Crippen molar-refractivity contribution in [2.24, 2.45) is 0 Å². The third kappa shape index (κ3) is 3.70. The Morgan fingerprint density at radius 1 is 1.38 bits per heavy atom. The fourth-order valence-corrected chi connectivity index (χ4v) is 2.12. The summed E-state index contributed by atoms with van der Waals surface area (Å²) in [6.45, 7) is 5.03. The van der Waals surface area contributed by atoms with E-state index in [1.165, 1.54) is 10.7 Å². The molecule has 0 radical (unpaired) electrons. The van der Waals surface area contributed by atoms with Crippen LogP contribution in [-0.2, 0) is 6.54 Å². The molecule has 1 aromatic carbocycles. The number of nitrogens with one attached hydrogen (secondary N) is 1. The first kappa shape index (κ1) is 15.3. The third-order valence-corrected chi connectivity index (χ3v) is 3.42. The van der Waals surface area contributed by atoms with E-state index in [9.17, 15) is 4.79 Å². The number of rotatable bonds is 6. The molecule has 0 aliphatic carbocycles. The first-order chi connectivity index (χ1) is 10.2. The Morgan fingerprint density at radius 2 is 2.19 bits per heavy atom. The van der Waals surface area contributed by atoms with Gasteiger partial charge in [0.1, 0.15) is 5.75 Å². The van der Waals surface area contributed by atoms with E-state index in [1.807, 2.05) is 26.1 Å². The standard InChI is InChI=1S/C16H21N3O2/c1-4-21-15-8-7-13(12(2)17-3)10-14(15)11-19-16(20)6-5-9-18-19/h5-10,12,17H,4,11H2,1-3H3. The molecule has 0 saturated heterocycles. The zero-order valence-corrected chi connectivity index (χ0v) is 12.7. The highest BCUT2D eigenvalue weighted by Gasteiger charge is 2.10. The van der Waals surface area contributed by atoms with Crippen molar-refractivity contribution in [3.05, 3.63) is 58.0 Å². The van der Waals surface area contributed by atoms with Crippen LogP contribution >= 0.6 is 0 Å². The van der Waals surface area contributed by atoms with E-state index in [2.05, 4.69) is 23.4 Å². The van der Waals surface area contributed by atoms with Gasteiger partial charge in [-0.15, -0.1) is 0 Å². The lowest BCUT2D eigenvalue weighted by molar-refractivity contribution is 0.334. The molecule has 2 aromatic rings. The van der Waals surface area contributed by atoms with E-state index in [-0.39, 0.29) is 11.6 Å². The Morgan fingerprint density at radius 3 is 2.86 bits per heavy atom. The summed E-state index contributed by atoms with van der Waals surface area (Å²) in [7, 11) is 1.92. The molecule has 1 unspecified atom stereocenters. The maximum Gasteiger partial charge on any atom is 0.267 e. The molecule has 2 rings (SSSR count). The van der Waals surface area contributed by atoms with Gasteiger partial charge in [0.2, 0.25) is 0 Å². The predicted octanol–water partition coefficient (Wildman–Crippen LogP) is 1.97. The topological polar surface area (TPSA) is 56.1 Å². The van der Waals surface area contributed by atoms with Crippen LogP contribution < -0.4 is 15.6 Å². The number of hydrogen-bond acceptors (Lipinski definition) is 4. The number of ether oxygens (including phenoxy) is 1. The summed E-state index contributed by atoms with van der Waals surface area (Å²) in [5, 5.41) is 7.31. The van der Waals surface area contributed by atoms with E-state index >= 15 is 0 Å². The molecule has 21 heavy (non-hydrogen) atoms. The minimum atomic E-state index is -0.119. The summed E-state index contributed by atoms with van der Waals surface area (Å²) in [4.78, 5) is 11.8. The zero-order chi connectivity index (χ0) is 15.2. The molecule has 1 N–H and O–H groups in total. The molecule has 0 aliphatic heterocycles. The van der Waals surface area contributed by atoms with Gasteiger partial charge in [-0.1, -0.05) is 6.07 Å². The van der Waals surface area contributed by atoms with Crippen LogP contribution in [0.2, 0.25) is 0 Å². The van der Waals surface area contributed by atoms with E-state index in [0.717, 1.165) is 16.9 Å². The summed E-state index contributed by atoms with van der Waals surface area (Å²) in [5.74, 6) is 0.794. The van der Waals surface area contributed by atoms with E-state index < -0.39 is 0 Å². The molecule has 0 saturated carbocycles. The van der Waals surface area contributed by atoms with Gasteiger partial charge in [0, 0.05) is 23.9 Å². The highest BCUT2D eigenvalue weighted by atomic mass is 16.5. The fraction of sp³-hybridized carbons (Fsp3) is 0.375. The van der Waals surface area contributed by atoms with Gasteiger partial charge in [0.05, 0.1) is 13.2 Å².